The maximum Gasteiger partial charge on any atom is 0.280 e. The molecule has 3 aliphatic rings. The number of guanidine groups is 1. The smallest absolute Gasteiger partial charge is 0.280 e. The van der Waals surface area contributed by atoms with E-state index in [0.29, 0.717) is 17.7 Å². The molecule has 1 fully saturated rings. The van der Waals surface area contributed by atoms with Crippen LogP contribution < -0.4 is 4.90 Å². The van der Waals surface area contributed by atoms with Gasteiger partial charge in [-0.3, -0.25) is 14.6 Å². The lowest BCUT2D eigenvalue weighted by atomic mass is 9.84. The van der Waals surface area contributed by atoms with Gasteiger partial charge in [-0.05, 0) is 25.7 Å². The van der Waals surface area contributed by atoms with E-state index in [4.69, 9.17) is 4.99 Å². The number of halogens is 1. The fourth-order valence-electron chi connectivity index (χ4n) is 3.83. The van der Waals surface area contributed by atoms with Gasteiger partial charge >= 0.3 is 0 Å². The first-order chi connectivity index (χ1) is 10.1. The summed E-state index contributed by atoms with van der Waals surface area (Å²) >= 11 is 0. The zero-order valence-corrected chi connectivity index (χ0v) is 13.8. The van der Waals surface area contributed by atoms with Gasteiger partial charge in [-0.15, -0.1) is 12.4 Å². The topological polar surface area (TPSA) is 64.6 Å². The van der Waals surface area contributed by atoms with Crippen LogP contribution in [-0.4, -0.2) is 46.4 Å². The number of imidazole rings is 1. The van der Waals surface area contributed by atoms with Gasteiger partial charge in [-0.2, -0.15) is 0 Å². The Balaban J connectivity index is 0.00000144. The summed E-state index contributed by atoms with van der Waals surface area (Å²) in [5.41, 5.74) is 0.596. The van der Waals surface area contributed by atoms with E-state index in [1.165, 1.54) is 32.1 Å². The Morgan fingerprint density at radius 2 is 1.95 bits per heavy atom. The molecule has 2 aliphatic heterocycles. The average molecular weight is 324 g/mol. The number of anilines is 1. The number of nitrogens with zero attached hydrogens (tertiary/aromatic N) is 4. The third-order valence-corrected chi connectivity index (χ3v) is 4.96. The number of hydrogen-bond donors (Lipinski definition) is 1. The predicted molar refractivity (Wildman–Crippen MR) is 87.8 cm³/mol. The van der Waals surface area contributed by atoms with Gasteiger partial charge in [0.05, 0.1) is 12.6 Å². The number of carbonyl (C=O) groups excluding carboxylic acids is 1. The largest absolute Gasteiger partial charge is 0.336 e. The van der Waals surface area contributed by atoms with E-state index in [0.717, 1.165) is 24.1 Å². The van der Waals surface area contributed by atoms with E-state index in [1.54, 1.807) is 11.9 Å². The Morgan fingerprint density at radius 1 is 1.23 bits per heavy atom. The fraction of sp³-hybridized carbons (Fsp3) is 0.667. The molecule has 0 spiro atoms. The van der Waals surface area contributed by atoms with Gasteiger partial charge in [-0.25, -0.2) is 9.98 Å². The summed E-state index contributed by atoms with van der Waals surface area (Å²) in [4.78, 5) is 28.6. The van der Waals surface area contributed by atoms with E-state index in [9.17, 15) is 4.79 Å². The van der Waals surface area contributed by atoms with Crippen LogP contribution in [-0.2, 0) is 0 Å². The van der Waals surface area contributed by atoms with Crippen LogP contribution in [0.25, 0.3) is 0 Å². The molecule has 22 heavy (non-hydrogen) atoms. The van der Waals surface area contributed by atoms with Crippen LogP contribution in [0.3, 0.4) is 0 Å². The molecule has 1 atom stereocenters. The SMILES string of the molecule is Cc1nc2c([nH]1)C(=O)N(C)C1=N[C@@H](C3CCCCC3)CN12.Cl. The standard InChI is InChI=1S/C15H21N5O.ClH/c1-9-16-12-13(17-9)20-8-11(10-6-4-3-5-7-10)18-15(20)19(2)14(12)21;/h10-11H,3-8H2,1-2H3,(H,16,17);1H/t11-;/m1./s1. The van der Waals surface area contributed by atoms with Gasteiger partial charge in [0.1, 0.15) is 11.5 Å². The molecule has 0 radical (unpaired) electrons. The second kappa shape index (κ2) is 5.57. The Bertz CT molecular complexity index is 619. The Labute approximate surface area is 136 Å². The quantitative estimate of drug-likeness (QED) is 0.862. The summed E-state index contributed by atoms with van der Waals surface area (Å²) in [7, 11) is 1.80. The Morgan fingerprint density at radius 3 is 2.68 bits per heavy atom. The van der Waals surface area contributed by atoms with Crippen molar-refractivity contribution in [1.29, 1.82) is 0 Å². The molecule has 0 unspecified atom stereocenters. The molecule has 0 bridgehead atoms. The number of fused-ring (bicyclic) bond motifs is 3. The van der Waals surface area contributed by atoms with Crippen LogP contribution in [0.1, 0.15) is 48.4 Å². The molecule has 120 valence electrons. The number of carbonyl (C=O) groups is 1. The van der Waals surface area contributed by atoms with Gasteiger partial charge < -0.3 is 4.98 Å². The van der Waals surface area contributed by atoms with Crippen molar-refractivity contribution in [2.24, 2.45) is 10.9 Å². The number of H-pyrrole nitrogens is 1. The molecule has 1 aliphatic carbocycles. The first-order valence-corrected chi connectivity index (χ1v) is 7.85. The van der Waals surface area contributed by atoms with Gasteiger partial charge in [-0.1, -0.05) is 19.3 Å². The number of aromatic nitrogens is 2. The highest BCUT2D eigenvalue weighted by molar-refractivity contribution is 6.17. The highest BCUT2D eigenvalue weighted by Gasteiger charge is 2.42. The molecule has 4 rings (SSSR count). The van der Waals surface area contributed by atoms with Crippen molar-refractivity contribution in [3.8, 4) is 0 Å². The van der Waals surface area contributed by atoms with Crippen molar-refractivity contribution in [3.63, 3.8) is 0 Å². The minimum atomic E-state index is -0.0371. The predicted octanol–water partition coefficient (Wildman–Crippen LogP) is 2.35. The molecule has 0 aromatic carbocycles. The number of aromatic amines is 1. The molecule has 1 amide bonds. The summed E-state index contributed by atoms with van der Waals surface area (Å²) in [6, 6.07) is 0.304. The van der Waals surface area contributed by atoms with E-state index in [1.807, 2.05) is 6.92 Å². The Hall–Kier alpha value is -1.56. The van der Waals surface area contributed by atoms with Crippen LogP contribution in [0.15, 0.2) is 4.99 Å². The van der Waals surface area contributed by atoms with Gasteiger partial charge in [0.15, 0.2) is 5.82 Å². The maximum atomic E-state index is 12.4. The van der Waals surface area contributed by atoms with Gasteiger partial charge in [0.2, 0.25) is 5.96 Å². The van der Waals surface area contributed by atoms with Crippen LogP contribution in [0.4, 0.5) is 5.82 Å². The molecule has 1 aromatic heterocycles. The first-order valence-electron chi connectivity index (χ1n) is 7.85. The van der Waals surface area contributed by atoms with E-state index >= 15 is 0 Å². The molecule has 7 heteroatoms. The highest BCUT2D eigenvalue weighted by atomic mass is 35.5. The minimum absolute atomic E-state index is 0. The summed E-state index contributed by atoms with van der Waals surface area (Å²) in [6.07, 6.45) is 6.50. The number of aliphatic imine (C=N–C) groups is 1. The van der Waals surface area contributed by atoms with Crippen molar-refractivity contribution in [1.82, 2.24) is 14.9 Å². The molecular weight excluding hydrogens is 302 g/mol. The van der Waals surface area contributed by atoms with Crippen LogP contribution in [0.5, 0.6) is 0 Å². The fourth-order valence-corrected chi connectivity index (χ4v) is 3.83. The lowest BCUT2D eigenvalue weighted by Gasteiger charge is -2.30. The van der Waals surface area contributed by atoms with Crippen molar-refractivity contribution in [2.45, 2.75) is 45.1 Å². The van der Waals surface area contributed by atoms with Crippen molar-refractivity contribution in [3.05, 3.63) is 11.5 Å². The zero-order valence-electron chi connectivity index (χ0n) is 13.0. The number of amides is 1. The van der Waals surface area contributed by atoms with E-state index < -0.39 is 0 Å². The molecule has 1 aromatic rings. The monoisotopic (exact) mass is 323 g/mol. The number of hydrogen-bond acceptors (Lipinski definition) is 4. The third-order valence-electron chi connectivity index (χ3n) is 4.96. The number of nitrogens with one attached hydrogen (secondary N) is 1. The summed E-state index contributed by atoms with van der Waals surface area (Å²) < 4.78 is 0. The molecule has 1 N–H and O–H groups in total. The Kier molecular flexibility index (Phi) is 3.89. The van der Waals surface area contributed by atoms with Crippen molar-refractivity contribution < 1.29 is 4.79 Å². The maximum absolute atomic E-state index is 12.4. The molecule has 0 saturated heterocycles. The first kappa shape index (κ1) is 15.3. The van der Waals surface area contributed by atoms with Crippen molar-refractivity contribution >= 4 is 30.1 Å². The third kappa shape index (κ3) is 2.20. The minimum Gasteiger partial charge on any atom is -0.336 e. The summed E-state index contributed by atoms with van der Waals surface area (Å²) in [5.74, 6) is 2.93. The molecule has 6 nitrogen and oxygen atoms in total. The molecule has 3 heterocycles. The lowest BCUT2D eigenvalue weighted by molar-refractivity contribution is 0.0860. The highest BCUT2D eigenvalue weighted by Crippen LogP contribution is 2.35. The second-order valence-electron chi connectivity index (χ2n) is 6.39. The summed E-state index contributed by atoms with van der Waals surface area (Å²) in [5, 5.41) is 0. The van der Waals surface area contributed by atoms with E-state index in [-0.39, 0.29) is 18.3 Å². The molecular formula is C15H22ClN5O. The number of rotatable bonds is 1. The van der Waals surface area contributed by atoms with Crippen LogP contribution in [0, 0.1) is 12.8 Å². The number of aryl methyl sites for hydroxylation is 1. The zero-order chi connectivity index (χ0) is 14.6. The summed E-state index contributed by atoms with van der Waals surface area (Å²) in [6.45, 7) is 2.74. The average Bonchev–Trinajstić information content (AvgIpc) is 3.09. The van der Waals surface area contributed by atoms with E-state index in [2.05, 4.69) is 14.9 Å². The normalized spacial score (nSPS) is 24.7. The van der Waals surface area contributed by atoms with Crippen molar-refractivity contribution in [2.75, 3.05) is 18.5 Å². The lowest BCUT2D eigenvalue weighted by Crippen LogP contribution is -2.48. The van der Waals surface area contributed by atoms with Crippen LogP contribution in [0.2, 0.25) is 0 Å². The van der Waals surface area contributed by atoms with Crippen LogP contribution >= 0.6 is 12.4 Å². The van der Waals surface area contributed by atoms with Gasteiger partial charge in [0.25, 0.3) is 5.91 Å². The molecule has 1 saturated carbocycles. The van der Waals surface area contributed by atoms with Gasteiger partial charge in [0, 0.05) is 7.05 Å². The second-order valence-corrected chi connectivity index (χ2v) is 6.39.